The van der Waals surface area contributed by atoms with Gasteiger partial charge in [-0.2, -0.15) is 0 Å². The molecule has 21 heavy (non-hydrogen) atoms. The SMILES string of the molecule is CCC(COC)n1nnc(CC(N)=O)c1C1CCOCC1. The van der Waals surface area contributed by atoms with Crippen molar-refractivity contribution in [3.05, 3.63) is 11.4 Å². The maximum atomic E-state index is 11.3. The summed E-state index contributed by atoms with van der Waals surface area (Å²) in [7, 11) is 1.68. The average molecular weight is 296 g/mol. The molecule has 1 amide bonds. The summed E-state index contributed by atoms with van der Waals surface area (Å²) in [6, 6.07) is 0.127. The van der Waals surface area contributed by atoms with Crippen LogP contribution in [0.25, 0.3) is 0 Å². The van der Waals surface area contributed by atoms with Crippen molar-refractivity contribution >= 4 is 5.91 Å². The van der Waals surface area contributed by atoms with Crippen LogP contribution < -0.4 is 5.73 Å². The molecule has 1 aliphatic heterocycles. The minimum absolute atomic E-state index is 0.127. The quantitative estimate of drug-likeness (QED) is 0.803. The lowest BCUT2D eigenvalue weighted by Gasteiger charge is -2.26. The number of rotatable bonds is 7. The Morgan fingerprint density at radius 1 is 1.52 bits per heavy atom. The Balaban J connectivity index is 2.34. The van der Waals surface area contributed by atoms with Gasteiger partial charge in [-0.3, -0.25) is 4.79 Å². The van der Waals surface area contributed by atoms with Gasteiger partial charge < -0.3 is 15.2 Å². The molecule has 1 aromatic heterocycles. The zero-order valence-electron chi connectivity index (χ0n) is 12.7. The normalized spacial score (nSPS) is 17.8. The first kappa shape index (κ1) is 15.9. The highest BCUT2D eigenvalue weighted by molar-refractivity contribution is 5.76. The second kappa shape index (κ2) is 7.51. The smallest absolute Gasteiger partial charge is 0.223 e. The second-order valence-electron chi connectivity index (χ2n) is 5.41. The number of methoxy groups -OCH3 is 1. The summed E-state index contributed by atoms with van der Waals surface area (Å²) in [5.74, 6) is -0.0656. The van der Waals surface area contributed by atoms with Crippen LogP contribution in [0.5, 0.6) is 0 Å². The van der Waals surface area contributed by atoms with Crippen LogP contribution in [0.2, 0.25) is 0 Å². The first-order valence-corrected chi connectivity index (χ1v) is 7.46. The van der Waals surface area contributed by atoms with Crippen LogP contribution in [0.3, 0.4) is 0 Å². The van der Waals surface area contributed by atoms with Gasteiger partial charge in [0.05, 0.1) is 30.5 Å². The molecule has 2 rings (SSSR count). The molecule has 1 unspecified atom stereocenters. The fourth-order valence-corrected chi connectivity index (χ4v) is 2.84. The maximum Gasteiger partial charge on any atom is 0.223 e. The lowest BCUT2D eigenvalue weighted by atomic mass is 9.93. The van der Waals surface area contributed by atoms with Crippen LogP contribution in [-0.2, 0) is 20.7 Å². The van der Waals surface area contributed by atoms with E-state index in [1.54, 1.807) is 7.11 Å². The summed E-state index contributed by atoms with van der Waals surface area (Å²) in [4.78, 5) is 11.3. The maximum absolute atomic E-state index is 11.3. The number of amides is 1. The Bertz CT molecular complexity index is 469. The molecular formula is C14H24N4O3. The fraction of sp³-hybridized carbons (Fsp3) is 0.786. The highest BCUT2D eigenvalue weighted by atomic mass is 16.5. The molecule has 118 valence electrons. The Morgan fingerprint density at radius 2 is 2.24 bits per heavy atom. The van der Waals surface area contributed by atoms with Crippen molar-refractivity contribution < 1.29 is 14.3 Å². The van der Waals surface area contributed by atoms with Crippen molar-refractivity contribution in [2.45, 2.75) is 44.6 Å². The van der Waals surface area contributed by atoms with Crippen molar-refractivity contribution in [3.8, 4) is 0 Å². The number of ether oxygens (including phenoxy) is 2. The Morgan fingerprint density at radius 3 is 2.81 bits per heavy atom. The van der Waals surface area contributed by atoms with E-state index in [-0.39, 0.29) is 18.4 Å². The second-order valence-corrected chi connectivity index (χ2v) is 5.41. The Labute approximate surface area is 124 Å². The number of hydrogen-bond donors (Lipinski definition) is 1. The van der Waals surface area contributed by atoms with Gasteiger partial charge in [0.25, 0.3) is 0 Å². The molecule has 7 heteroatoms. The fourth-order valence-electron chi connectivity index (χ4n) is 2.84. The zero-order valence-corrected chi connectivity index (χ0v) is 12.7. The number of carbonyl (C=O) groups excluding carboxylic acids is 1. The van der Waals surface area contributed by atoms with Gasteiger partial charge in [-0.15, -0.1) is 5.10 Å². The molecule has 0 radical (unpaired) electrons. The van der Waals surface area contributed by atoms with Crippen LogP contribution in [0.15, 0.2) is 0 Å². The van der Waals surface area contributed by atoms with E-state index in [0.29, 0.717) is 18.2 Å². The predicted molar refractivity (Wildman–Crippen MR) is 76.9 cm³/mol. The number of hydrogen-bond acceptors (Lipinski definition) is 5. The molecular weight excluding hydrogens is 272 g/mol. The molecule has 2 N–H and O–H groups in total. The van der Waals surface area contributed by atoms with Crippen LogP contribution in [0, 0.1) is 0 Å². The van der Waals surface area contributed by atoms with E-state index in [1.807, 2.05) is 4.68 Å². The van der Waals surface area contributed by atoms with Crippen LogP contribution in [-0.4, -0.2) is 47.8 Å². The molecule has 0 aromatic carbocycles. The predicted octanol–water partition coefficient (Wildman–Crippen LogP) is 0.797. The highest BCUT2D eigenvalue weighted by Gasteiger charge is 2.28. The van der Waals surface area contributed by atoms with Crippen molar-refractivity contribution in [3.63, 3.8) is 0 Å². The monoisotopic (exact) mass is 296 g/mol. The largest absolute Gasteiger partial charge is 0.382 e. The molecule has 1 aromatic rings. The van der Waals surface area contributed by atoms with E-state index < -0.39 is 0 Å². The highest BCUT2D eigenvalue weighted by Crippen LogP contribution is 2.31. The Hall–Kier alpha value is -1.47. The zero-order chi connectivity index (χ0) is 15.2. The molecule has 1 atom stereocenters. The Kier molecular flexibility index (Phi) is 5.69. The molecule has 0 bridgehead atoms. The summed E-state index contributed by atoms with van der Waals surface area (Å²) >= 11 is 0. The number of nitrogens with two attached hydrogens (primary N) is 1. The summed E-state index contributed by atoms with van der Waals surface area (Å²) in [6.45, 7) is 4.12. The van der Waals surface area contributed by atoms with Gasteiger partial charge >= 0.3 is 0 Å². The van der Waals surface area contributed by atoms with Gasteiger partial charge in [0, 0.05) is 26.2 Å². The summed E-state index contributed by atoms with van der Waals surface area (Å²) in [6.07, 6.45) is 2.87. The van der Waals surface area contributed by atoms with Gasteiger partial charge in [0.15, 0.2) is 0 Å². The van der Waals surface area contributed by atoms with Crippen LogP contribution >= 0.6 is 0 Å². The lowest BCUT2D eigenvalue weighted by molar-refractivity contribution is -0.117. The van der Waals surface area contributed by atoms with Gasteiger partial charge in [-0.25, -0.2) is 4.68 Å². The van der Waals surface area contributed by atoms with Crippen molar-refractivity contribution in [2.75, 3.05) is 26.9 Å². The molecule has 1 aliphatic rings. The molecule has 0 spiro atoms. The van der Waals surface area contributed by atoms with Crippen molar-refractivity contribution in [2.24, 2.45) is 5.73 Å². The van der Waals surface area contributed by atoms with E-state index in [4.69, 9.17) is 15.2 Å². The topological polar surface area (TPSA) is 92.3 Å². The van der Waals surface area contributed by atoms with E-state index in [0.717, 1.165) is 38.2 Å². The summed E-state index contributed by atoms with van der Waals surface area (Å²) < 4.78 is 12.6. The van der Waals surface area contributed by atoms with E-state index in [1.165, 1.54) is 0 Å². The van der Waals surface area contributed by atoms with Crippen LogP contribution in [0.4, 0.5) is 0 Å². The molecule has 7 nitrogen and oxygen atoms in total. The molecule has 0 saturated carbocycles. The first-order valence-electron chi connectivity index (χ1n) is 7.46. The van der Waals surface area contributed by atoms with Gasteiger partial charge in [-0.1, -0.05) is 12.1 Å². The third-order valence-electron chi connectivity index (χ3n) is 3.93. The van der Waals surface area contributed by atoms with E-state index >= 15 is 0 Å². The minimum atomic E-state index is -0.379. The average Bonchev–Trinajstić information content (AvgIpc) is 2.88. The first-order chi connectivity index (χ1) is 10.2. The van der Waals surface area contributed by atoms with E-state index in [2.05, 4.69) is 17.2 Å². The summed E-state index contributed by atoms with van der Waals surface area (Å²) in [5, 5.41) is 8.47. The number of carbonyl (C=O) groups is 1. The van der Waals surface area contributed by atoms with Crippen LogP contribution in [0.1, 0.15) is 49.5 Å². The van der Waals surface area contributed by atoms with Crippen molar-refractivity contribution in [1.29, 1.82) is 0 Å². The molecule has 0 aliphatic carbocycles. The standard InChI is InChI=1S/C14H24N4O3/c1-3-11(9-20-2)18-14(10-4-6-21-7-5-10)12(16-17-18)8-13(15)19/h10-11H,3-9H2,1-2H3,(H2,15,19). The number of nitrogens with zero attached hydrogens (tertiary/aromatic N) is 3. The lowest BCUT2D eigenvalue weighted by Crippen LogP contribution is -2.24. The van der Waals surface area contributed by atoms with Gasteiger partial charge in [-0.05, 0) is 19.3 Å². The third kappa shape index (κ3) is 3.79. The van der Waals surface area contributed by atoms with E-state index in [9.17, 15) is 4.79 Å². The van der Waals surface area contributed by atoms with Crippen molar-refractivity contribution in [1.82, 2.24) is 15.0 Å². The minimum Gasteiger partial charge on any atom is -0.382 e. The molecule has 1 fully saturated rings. The van der Waals surface area contributed by atoms with Gasteiger partial charge in [0.1, 0.15) is 0 Å². The van der Waals surface area contributed by atoms with Gasteiger partial charge in [0.2, 0.25) is 5.91 Å². The number of aromatic nitrogens is 3. The molecule has 1 saturated heterocycles. The number of primary amides is 1. The third-order valence-corrected chi connectivity index (χ3v) is 3.93. The summed E-state index contributed by atoms with van der Waals surface area (Å²) in [5.41, 5.74) is 7.06. The molecule has 2 heterocycles.